The second-order valence-electron chi connectivity index (χ2n) is 6.86. The Kier molecular flexibility index (Phi) is 7.23. The van der Waals surface area contributed by atoms with Crippen molar-refractivity contribution >= 4 is 56.3 Å². The molecule has 0 atom stereocenters. The zero-order chi connectivity index (χ0) is 23.5. The Balaban J connectivity index is 1.98. The number of Topliss-reactive ketones (excluding diaryl/α,β-unsaturated/α-hetero) is 1. The molecule has 0 aromatic heterocycles. The molecule has 0 saturated heterocycles. The van der Waals surface area contributed by atoms with Crippen molar-refractivity contribution in [2.75, 3.05) is 16.2 Å². The first-order valence-electron chi connectivity index (χ1n) is 9.64. The van der Waals surface area contributed by atoms with E-state index in [-0.39, 0.29) is 32.8 Å². The Morgan fingerprint density at radius 1 is 0.938 bits per heavy atom. The number of nitrogens with zero attached hydrogens (tertiary/aromatic N) is 1. The number of sulfonamides is 1. The fourth-order valence-corrected chi connectivity index (χ4v) is 5.40. The fourth-order valence-electron chi connectivity index (χ4n) is 3.09. The molecular formula is C23H20Cl2N2O4S. The molecule has 3 rings (SSSR count). The van der Waals surface area contributed by atoms with Crippen LogP contribution in [-0.4, -0.2) is 26.7 Å². The number of anilines is 2. The highest BCUT2D eigenvalue weighted by molar-refractivity contribution is 7.93. The molecule has 0 bridgehead atoms. The maximum absolute atomic E-state index is 13.4. The minimum absolute atomic E-state index is 0.00886. The largest absolute Gasteiger partial charge is 0.322 e. The van der Waals surface area contributed by atoms with E-state index in [1.54, 1.807) is 61.5 Å². The number of rotatable bonds is 7. The number of nitrogens with one attached hydrogen (secondary N) is 1. The molecule has 0 fully saturated rings. The summed E-state index contributed by atoms with van der Waals surface area (Å²) >= 11 is 12.4. The Hall–Kier alpha value is -2.87. The van der Waals surface area contributed by atoms with E-state index in [1.165, 1.54) is 23.4 Å². The van der Waals surface area contributed by atoms with E-state index in [1.807, 2.05) is 0 Å². The van der Waals surface area contributed by atoms with Crippen molar-refractivity contribution in [2.45, 2.75) is 18.7 Å². The van der Waals surface area contributed by atoms with E-state index in [9.17, 15) is 18.0 Å². The van der Waals surface area contributed by atoms with Gasteiger partial charge in [0.25, 0.3) is 15.9 Å². The minimum atomic E-state index is -4.07. The van der Waals surface area contributed by atoms with Crippen LogP contribution in [0.1, 0.15) is 34.6 Å². The van der Waals surface area contributed by atoms with Crippen LogP contribution in [0.5, 0.6) is 0 Å². The van der Waals surface area contributed by atoms with E-state index in [0.29, 0.717) is 16.9 Å². The van der Waals surface area contributed by atoms with Crippen LogP contribution in [0.25, 0.3) is 0 Å². The number of hydrogen-bond acceptors (Lipinski definition) is 4. The lowest BCUT2D eigenvalue weighted by Gasteiger charge is -2.24. The van der Waals surface area contributed by atoms with Gasteiger partial charge in [-0.05, 0) is 62.4 Å². The summed E-state index contributed by atoms with van der Waals surface area (Å²) in [6, 6.07) is 17.3. The van der Waals surface area contributed by atoms with Gasteiger partial charge in [-0.2, -0.15) is 0 Å². The number of halogens is 2. The molecule has 9 heteroatoms. The van der Waals surface area contributed by atoms with Crippen LogP contribution in [0.4, 0.5) is 11.4 Å². The normalized spacial score (nSPS) is 11.1. The first-order chi connectivity index (χ1) is 15.1. The van der Waals surface area contributed by atoms with Gasteiger partial charge in [-0.1, -0.05) is 41.4 Å². The molecule has 0 radical (unpaired) electrons. The molecule has 3 aromatic rings. The van der Waals surface area contributed by atoms with Crippen LogP contribution in [0, 0.1) is 0 Å². The summed E-state index contributed by atoms with van der Waals surface area (Å²) < 4.78 is 27.9. The lowest BCUT2D eigenvalue weighted by atomic mass is 10.1. The van der Waals surface area contributed by atoms with Gasteiger partial charge in [0, 0.05) is 17.8 Å². The van der Waals surface area contributed by atoms with E-state index < -0.39 is 15.9 Å². The highest BCUT2D eigenvalue weighted by Crippen LogP contribution is 2.33. The molecule has 1 N–H and O–H groups in total. The molecule has 1 amide bonds. The van der Waals surface area contributed by atoms with Gasteiger partial charge in [-0.3, -0.25) is 13.9 Å². The number of carbonyl (C=O) groups excluding carboxylic acids is 2. The number of para-hydroxylation sites is 1. The van der Waals surface area contributed by atoms with Gasteiger partial charge in [0.05, 0.1) is 21.3 Å². The van der Waals surface area contributed by atoms with Gasteiger partial charge in [0.2, 0.25) is 0 Å². The summed E-state index contributed by atoms with van der Waals surface area (Å²) in [5, 5.41) is 2.57. The molecule has 0 unspecified atom stereocenters. The van der Waals surface area contributed by atoms with Crippen LogP contribution < -0.4 is 9.62 Å². The molecule has 0 aliphatic carbocycles. The summed E-state index contributed by atoms with van der Waals surface area (Å²) in [5.41, 5.74) is 1.35. The van der Waals surface area contributed by atoms with Crippen molar-refractivity contribution in [1.29, 1.82) is 0 Å². The maximum Gasteiger partial charge on any atom is 0.265 e. The number of hydrogen-bond donors (Lipinski definition) is 1. The van der Waals surface area contributed by atoms with Crippen LogP contribution >= 0.6 is 23.2 Å². The van der Waals surface area contributed by atoms with Gasteiger partial charge in [0.15, 0.2) is 5.78 Å². The SMILES string of the molecule is CCN(c1ccccc1)S(=O)(=O)c1cc(C(=O)Nc2ccc(C(C)=O)cc2)c(Cl)cc1Cl. The van der Waals surface area contributed by atoms with E-state index in [0.717, 1.165) is 0 Å². The predicted octanol–water partition coefficient (Wildman–Crippen LogP) is 5.66. The predicted molar refractivity (Wildman–Crippen MR) is 128 cm³/mol. The maximum atomic E-state index is 13.4. The molecule has 32 heavy (non-hydrogen) atoms. The third-order valence-electron chi connectivity index (χ3n) is 4.71. The molecule has 6 nitrogen and oxygen atoms in total. The zero-order valence-corrected chi connectivity index (χ0v) is 19.6. The quantitative estimate of drug-likeness (QED) is 0.432. The number of benzene rings is 3. The lowest BCUT2D eigenvalue weighted by Crippen LogP contribution is -2.31. The van der Waals surface area contributed by atoms with E-state index >= 15 is 0 Å². The number of carbonyl (C=O) groups is 2. The van der Waals surface area contributed by atoms with Crippen molar-refractivity contribution in [2.24, 2.45) is 0 Å². The lowest BCUT2D eigenvalue weighted by molar-refractivity contribution is 0.101. The summed E-state index contributed by atoms with van der Waals surface area (Å²) in [6.45, 7) is 3.31. The van der Waals surface area contributed by atoms with Crippen LogP contribution in [0.3, 0.4) is 0 Å². The third kappa shape index (κ3) is 4.96. The van der Waals surface area contributed by atoms with Gasteiger partial charge < -0.3 is 5.32 Å². The Bertz CT molecular complexity index is 1260. The van der Waals surface area contributed by atoms with Gasteiger partial charge in [-0.25, -0.2) is 8.42 Å². The van der Waals surface area contributed by atoms with Crippen molar-refractivity contribution in [3.8, 4) is 0 Å². The van der Waals surface area contributed by atoms with Crippen LogP contribution in [0.2, 0.25) is 10.0 Å². The number of ketones is 1. The molecule has 166 valence electrons. The summed E-state index contributed by atoms with van der Waals surface area (Å²) in [4.78, 5) is 24.0. The third-order valence-corrected chi connectivity index (χ3v) is 7.40. The highest BCUT2D eigenvalue weighted by Gasteiger charge is 2.28. The molecular weight excluding hydrogens is 471 g/mol. The Morgan fingerprint density at radius 2 is 1.56 bits per heavy atom. The monoisotopic (exact) mass is 490 g/mol. The summed E-state index contributed by atoms with van der Waals surface area (Å²) in [7, 11) is -4.07. The molecule has 3 aromatic carbocycles. The molecule has 0 aliphatic heterocycles. The summed E-state index contributed by atoms with van der Waals surface area (Å²) in [6.07, 6.45) is 0. The highest BCUT2D eigenvalue weighted by atomic mass is 35.5. The first kappa shape index (κ1) is 23.8. The van der Waals surface area contributed by atoms with Gasteiger partial charge in [-0.15, -0.1) is 0 Å². The number of amides is 1. The molecule has 0 spiro atoms. The first-order valence-corrected chi connectivity index (χ1v) is 11.8. The molecule has 0 heterocycles. The van der Waals surface area contributed by atoms with Crippen LogP contribution in [0.15, 0.2) is 71.6 Å². The minimum Gasteiger partial charge on any atom is -0.322 e. The van der Waals surface area contributed by atoms with E-state index in [2.05, 4.69) is 5.32 Å². The average molecular weight is 491 g/mol. The Morgan fingerprint density at radius 3 is 2.12 bits per heavy atom. The molecule has 0 aliphatic rings. The smallest absolute Gasteiger partial charge is 0.265 e. The van der Waals surface area contributed by atoms with Crippen molar-refractivity contribution in [3.63, 3.8) is 0 Å². The van der Waals surface area contributed by atoms with Gasteiger partial charge >= 0.3 is 0 Å². The summed E-state index contributed by atoms with van der Waals surface area (Å²) in [5.74, 6) is -0.709. The standard InChI is InChI=1S/C23H20Cl2N2O4S/c1-3-27(18-7-5-4-6-8-18)32(30,31)22-13-19(20(24)14-21(22)25)23(29)26-17-11-9-16(10-12-17)15(2)28/h4-14H,3H2,1-2H3,(H,26,29). The topological polar surface area (TPSA) is 83.6 Å². The average Bonchev–Trinajstić information content (AvgIpc) is 2.75. The van der Waals surface area contributed by atoms with E-state index in [4.69, 9.17) is 23.2 Å². The van der Waals surface area contributed by atoms with Crippen molar-refractivity contribution in [3.05, 3.63) is 87.9 Å². The zero-order valence-electron chi connectivity index (χ0n) is 17.3. The van der Waals surface area contributed by atoms with Gasteiger partial charge in [0.1, 0.15) is 4.90 Å². The van der Waals surface area contributed by atoms with Crippen LogP contribution in [-0.2, 0) is 10.0 Å². The second-order valence-corrected chi connectivity index (χ2v) is 9.50. The second kappa shape index (κ2) is 9.73. The Labute approximate surface area is 196 Å². The fraction of sp³-hybridized carbons (Fsp3) is 0.130. The van der Waals surface area contributed by atoms with Crippen molar-refractivity contribution < 1.29 is 18.0 Å². The van der Waals surface area contributed by atoms with Crippen molar-refractivity contribution in [1.82, 2.24) is 0 Å². The molecule has 0 saturated carbocycles.